The minimum atomic E-state index is -3.78. The molecule has 0 atom stereocenters. The summed E-state index contributed by atoms with van der Waals surface area (Å²) in [5, 5.41) is -0.0111. The van der Waals surface area contributed by atoms with E-state index in [1.165, 1.54) is 0 Å². The molecule has 1 aromatic heterocycles. The first-order valence-electron chi connectivity index (χ1n) is 11.2. The largest absolute Gasteiger partial charge is 0.302 e. The summed E-state index contributed by atoms with van der Waals surface area (Å²) in [4.78, 5) is 4.68. The van der Waals surface area contributed by atoms with E-state index in [4.69, 9.17) is 6.42 Å². The first-order valence-corrected chi connectivity index (χ1v) is 12.8. The lowest BCUT2D eigenvalue weighted by molar-refractivity contribution is 0.575. The van der Waals surface area contributed by atoms with Crippen molar-refractivity contribution in [1.82, 2.24) is 9.55 Å². The molecular formula is C29H28N2O2S. The highest BCUT2D eigenvalue weighted by Gasteiger charge is 2.28. The Morgan fingerprint density at radius 1 is 0.853 bits per heavy atom. The van der Waals surface area contributed by atoms with E-state index in [0.29, 0.717) is 17.0 Å². The average molecular weight is 469 g/mol. The molecule has 0 aliphatic rings. The fraction of sp³-hybridized carbons (Fsp3) is 0.207. The van der Waals surface area contributed by atoms with Crippen molar-refractivity contribution in [1.29, 1.82) is 0 Å². The van der Waals surface area contributed by atoms with Gasteiger partial charge < -0.3 is 4.57 Å². The number of hydrogen-bond donors (Lipinski definition) is 0. The Morgan fingerprint density at radius 3 is 1.94 bits per heavy atom. The van der Waals surface area contributed by atoms with E-state index in [0.717, 1.165) is 16.7 Å². The molecule has 0 unspecified atom stereocenters. The number of aromatic nitrogens is 2. The third-order valence-corrected chi connectivity index (χ3v) is 7.31. The van der Waals surface area contributed by atoms with Crippen molar-refractivity contribution in [3.8, 4) is 34.9 Å². The molecule has 3 aromatic carbocycles. The van der Waals surface area contributed by atoms with Gasteiger partial charge in [-0.25, -0.2) is 13.4 Å². The van der Waals surface area contributed by atoms with Crippen LogP contribution in [0, 0.1) is 12.3 Å². The quantitative estimate of drug-likeness (QED) is 0.320. The van der Waals surface area contributed by atoms with E-state index >= 15 is 0 Å². The third kappa shape index (κ3) is 4.83. The molecular weight excluding hydrogens is 440 g/mol. The van der Waals surface area contributed by atoms with Gasteiger partial charge in [-0.3, -0.25) is 0 Å². The van der Waals surface area contributed by atoms with Gasteiger partial charge in [0.25, 0.3) is 0 Å². The zero-order valence-electron chi connectivity index (χ0n) is 19.7. The predicted molar refractivity (Wildman–Crippen MR) is 138 cm³/mol. The van der Waals surface area contributed by atoms with Gasteiger partial charge in [-0.1, -0.05) is 112 Å². The SMILES string of the molecule is C#CCn1c(S(=O)(=O)Cc2ccc(C(C)(C)C)cc2)nc(-c2ccccc2)c1-c1ccccc1. The van der Waals surface area contributed by atoms with Crippen LogP contribution in [0.25, 0.3) is 22.5 Å². The van der Waals surface area contributed by atoms with E-state index in [-0.39, 0.29) is 22.9 Å². The van der Waals surface area contributed by atoms with Crippen LogP contribution in [0.2, 0.25) is 0 Å². The Morgan fingerprint density at radius 2 is 1.41 bits per heavy atom. The summed E-state index contributed by atoms with van der Waals surface area (Å²) in [6, 6.07) is 27.0. The van der Waals surface area contributed by atoms with E-state index in [2.05, 4.69) is 31.7 Å². The second-order valence-corrected chi connectivity index (χ2v) is 11.2. The van der Waals surface area contributed by atoms with E-state index in [1.807, 2.05) is 84.9 Å². The molecule has 0 bridgehead atoms. The van der Waals surface area contributed by atoms with Crippen molar-refractivity contribution >= 4 is 9.84 Å². The van der Waals surface area contributed by atoms with Crippen LogP contribution in [-0.4, -0.2) is 18.0 Å². The van der Waals surface area contributed by atoms with Gasteiger partial charge in [0.15, 0.2) is 0 Å². The zero-order valence-corrected chi connectivity index (χ0v) is 20.5. The van der Waals surface area contributed by atoms with Gasteiger partial charge in [-0.05, 0) is 16.5 Å². The monoisotopic (exact) mass is 468 g/mol. The van der Waals surface area contributed by atoms with Crippen molar-refractivity contribution < 1.29 is 8.42 Å². The number of terminal acetylenes is 1. The molecule has 0 amide bonds. The van der Waals surface area contributed by atoms with Crippen LogP contribution in [0.5, 0.6) is 0 Å². The summed E-state index contributed by atoms with van der Waals surface area (Å²) in [6.45, 7) is 6.49. The van der Waals surface area contributed by atoms with Gasteiger partial charge in [0.05, 0.1) is 23.7 Å². The Labute approximate surface area is 202 Å². The number of hydrogen-bond acceptors (Lipinski definition) is 3. The predicted octanol–water partition coefficient (Wildman–Crippen LogP) is 6.12. The van der Waals surface area contributed by atoms with E-state index in [9.17, 15) is 8.42 Å². The van der Waals surface area contributed by atoms with Crippen molar-refractivity contribution in [2.45, 2.75) is 43.6 Å². The van der Waals surface area contributed by atoms with E-state index < -0.39 is 9.84 Å². The van der Waals surface area contributed by atoms with Crippen molar-refractivity contribution in [3.63, 3.8) is 0 Å². The maximum Gasteiger partial charge on any atom is 0.229 e. The first kappa shape index (κ1) is 23.5. The molecule has 4 rings (SSSR count). The Hall–Kier alpha value is -3.62. The number of benzene rings is 3. The topological polar surface area (TPSA) is 52.0 Å². The summed E-state index contributed by atoms with van der Waals surface area (Å²) < 4.78 is 29.0. The van der Waals surface area contributed by atoms with Crippen LogP contribution in [0.4, 0.5) is 0 Å². The maximum atomic E-state index is 13.7. The molecule has 5 heteroatoms. The molecule has 1 heterocycles. The average Bonchev–Trinajstić information content (AvgIpc) is 3.20. The highest BCUT2D eigenvalue weighted by atomic mass is 32.2. The molecule has 172 valence electrons. The van der Waals surface area contributed by atoms with Gasteiger partial charge in [-0.2, -0.15) is 0 Å². The number of nitrogens with zero attached hydrogens (tertiary/aromatic N) is 2. The van der Waals surface area contributed by atoms with Gasteiger partial charge in [0.1, 0.15) is 0 Å². The molecule has 0 spiro atoms. The molecule has 0 saturated heterocycles. The second kappa shape index (κ2) is 9.32. The van der Waals surface area contributed by atoms with Crippen LogP contribution in [0.1, 0.15) is 31.9 Å². The molecule has 0 radical (unpaired) electrons. The highest BCUT2D eigenvalue weighted by Crippen LogP contribution is 2.35. The molecule has 0 saturated carbocycles. The van der Waals surface area contributed by atoms with Gasteiger partial charge >= 0.3 is 0 Å². The third-order valence-electron chi connectivity index (χ3n) is 5.73. The van der Waals surface area contributed by atoms with E-state index in [1.54, 1.807) is 4.57 Å². The Balaban J connectivity index is 1.85. The summed E-state index contributed by atoms with van der Waals surface area (Å²) >= 11 is 0. The van der Waals surface area contributed by atoms with Crippen LogP contribution >= 0.6 is 0 Å². The van der Waals surface area contributed by atoms with Crippen LogP contribution in [0.15, 0.2) is 90.1 Å². The summed E-state index contributed by atoms with van der Waals surface area (Å²) in [5.74, 6) is 2.47. The highest BCUT2D eigenvalue weighted by molar-refractivity contribution is 7.90. The molecule has 0 N–H and O–H groups in total. The standard InChI is InChI=1S/C29H28N2O2S/c1-5-20-31-27(24-14-10-7-11-15-24)26(23-12-8-6-9-13-23)30-28(31)34(32,33)21-22-16-18-25(19-17-22)29(2,3)4/h1,6-19H,20-21H2,2-4H3. The van der Waals surface area contributed by atoms with Crippen LogP contribution in [-0.2, 0) is 27.5 Å². The summed E-state index contributed by atoms with van der Waals surface area (Å²) in [6.07, 6.45) is 5.68. The number of imidazole rings is 1. The molecule has 0 fully saturated rings. The van der Waals surface area contributed by atoms with Crippen molar-refractivity contribution in [2.24, 2.45) is 0 Å². The molecule has 4 aromatic rings. The number of rotatable bonds is 6. The summed E-state index contributed by atoms with van der Waals surface area (Å²) in [7, 11) is -3.78. The first-order chi connectivity index (χ1) is 16.2. The fourth-order valence-electron chi connectivity index (χ4n) is 3.98. The lowest BCUT2D eigenvalue weighted by Crippen LogP contribution is -2.14. The Kier molecular flexibility index (Phi) is 6.45. The molecule has 4 nitrogen and oxygen atoms in total. The van der Waals surface area contributed by atoms with Crippen LogP contribution in [0.3, 0.4) is 0 Å². The lowest BCUT2D eigenvalue weighted by Gasteiger charge is -2.19. The fourth-order valence-corrected chi connectivity index (χ4v) is 5.46. The normalized spacial score (nSPS) is 11.8. The van der Waals surface area contributed by atoms with Crippen molar-refractivity contribution in [2.75, 3.05) is 0 Å². The van der Waals surface area contributed by atoms with Gasteiger partial charge in [0, 0.05) is 11.1 Å². The molecule has 34 heavy (non-hydrogen) atoms. The molecule has 0 aliphatic carbocycles. The number of sulfone groups is 1. The Bertz CT molecular complexity index is 1420. The smallest absolute Gasteiger partial charge is 0.229 e. The lowest BCUT2D eigenvalue weighted by atomic mass is 9.87. The van der Waals surface area contributed by atoms with Gasteiger partial charge in [0.2, 0.25) is 15.0 Å². The zero-order chi connectivity index (χ0) is 24.3. The summed E-state index contributed by atoms with van der Waals surface area (Å²) in [5.41, 5.74) is 4.86. The van der Waals surface area contributed by atoms with Crippen LogP contribution < -0.4 is 0 Å². The minimum Gasteiger partial charge on any atom is -0.302 e. The van der Waals surface area contributed by atoms with Crippen molar-refractivity contribution in [3.05, 3.63) is 96.1 Å². The maximum absolute atomic E-state index is 13.7. The molecule has 0 aliphatic heterocycles. The minimum absolute atomic E-state index is 0.00434. The second-order valence-electron chi connectivity index (χ2n) is 9.32. The van der Waals surface area contributed by atoms with Gasteiger partial charge in [-0.15, -0.1) is 6.42 Å².